The van der Waals surface area contributed by atoms with Crippen molar-refractivity contribution in [2.75, 3.05) is 0 Å². The molecule has 2 N–H and O–H groups in total. The number of aromatic nitrogens is 2. The van der Waals surface area contributed by atoms with Gasteiger partial charge in [0, 0.05) is 4.70 Å². The van der Waals surface area contributed by atoms with Crippen molar-refractivity contribution >= 4 is 21.4 Å². The van der Waals surface area contributed by atoms with E-state index in [2.05, 4.69) is 39.8 Å². The molecule has 0 radical (unpaired) electrons. The predicted octanol–water partition coefficient (Wildman–Crippen LogP) is 3.60. The van der Waals surface area contributed by atoms with Crippen LogP contribution in [0.25, 0.3) is 10.1 Å². The van der Waals surface area contributed by atoms with Crippen LogP contribution in [-0.4, -0.2) is 10.1 Å². The fourth-order valence-corrected chi connectivity index (χ4v) is 4.05. The molecule has 2 heterocycles. The largest absolute Gasteiger partial charge is 0.339 e. The molecule has 1 saturated carbocycles. The Bertz CT molecular complexity index is 771. The van der Waals surface area contributed by atoms with E-state index in [0.29, 0.717) is 18.1 Å². The Hall–Kier alpha value is -1.72. The van der Waals surface area contributed by atoms with Crippen molar-refractivity contribution in [1.82, 2.24) is 10.1 Å². The molecule has 0 bridgehead atoms. The summed E-state index contributed by atoms with van der Waals surface area (Å²) >= 11 is 1.75. The van der Waals surface area contributed by atoms with Gasteiger partial charge in [0.1, 0.15) is 0 Å². The first kappa shape index (κ1) is 13.0. The van der Waals surface area contributed by atoms with Crippen LogP contribution in [0.5, 0.6) is 0 Å². The molecule has 0 unspecified atom stereocenters. The first-order valence-electron chi connectivity index (χ1n) is 7.32. The molecular weight excluding hydrogens is 282 g/mol. The number of nitrogens with two attached hydrogens (primary N) is 1. The zero-order valence-electron chi connectivity index (χ0n) is 11.7. The first-order chi connectivity index (χ1) is 10.2. The molecule has 1 fully saturated rings. The maximum Gasteiger partial charge on any atom is 0.231 e. The molecular formula is C16H17N3OS. The quantitative estimate of drug-likeness (QED) is 0.802. The lowest BCUT2D eigenvalue weighted by atomic mass is 9.99. The predicted molar refractivity (Wildman–Crippen MR) is 83.3 cm³/mol. The summed E-state index contributed by atoms with van der Waals surface area (Å²) < 4.78 is 6.72. The van der Waals surface area contributed by atoms with Gasteiger partial charge in [0.05, 0.1) is 12.0 Å². The Morgan fingerprint density at radius 1 is 1.24 bits per heavy atom. The number of rotatable bonds is 3. The lowest BCUT2D eigenvalue weighted by Gasteiger charge is -2.17. The molecule has 0 atom stereocenters. The van der Waals surface area contributed by atoms with E-state index in [1.165, 1.54) is 15.6 Å². The minimum absolute atomic E-state index is 0.377. The fraction of sp³-hybridized carbons (Fsp3) is 0.375. The van der Waals surface area contributed by atoms with Crippen molar-refractivity contribution in [2.45, 2.75) is 37.6 Å². The molecule has 4 rings (SSSR count). The number of fused-ring (bicyclic) bond motifs is 1. The molecule has 2 aromatic heterocycles. The van der Waals surface area contributed by atoms with E-state index < -0.39 is 0 Å². The normalized spacial score (nSPS) is 17.6. The average molecular weight is 299 g/mol. The zero-order chi connectivity index (χ0) is 14.3. The third kappa shape index (κ3) is 2.26. The van der Waals surface area contributed by atoms with Crippen LogP contribution in [0, 0.1) is 0 Å². The summed E-state index contributed by atoms with van der Waals surface area (Å²) in [5.74, 6) is 1.33. The number of benzene rings is 1. The molecule has 1 aliphatic rings. The van der Waals surface area contributed by atoms with Crippen LogP contribution in [-0.2, 0) is 12.0 Å². The molecule has 3 aromatic rings. The minimum Gasteiger partial charge on any atom is -0.339 e. The number of thiophene rings is 1. The maximum atomic E-state index is 6.37. The van der Waals surface area contributed by atoms with Crippen LogP contribution in [0.3, 0.4) is 0 Å². The Morgan fingerprint density at radius 2 is 2.05 bits per heavy atom. The van der Waals surface area contributed by atoms with Crippen molar-refractivity contribution in [1.29, 1.82) is 0 Å². The van der Waals surface area contributed by atoms with Gasteiger partial charge < -0.3 is 10.3 Å². The topological polar surface area (TPSA) is 64.9 Å². The SMILES string of the molecule is NC1(c2noc(Cc3csc4ccccc34)n2)CCCC1. The second-order valence-corrected chi connectivity index (χ2v) is 6.72. The minimum atomic E-state index is -0.377. The molecule has 1 aliphatic carbocycles. The van der Waals surface area contributed by atoms with Gasteiger partial charge in [0.15, 0.2) is 5.82 Å². The van der Waals surface area contributed by atoms with Crippen LogP contribution in [0.4, 0.5) is 0 Å². The molecule has 4 nitrogen and oxygen atoms in total. The Morgan fingerprint density at radius 3 is 2.90 bits per heavy atom. The second-order valence-electron chi connectivity index (χ2n) is 5.81. The third-order valence-electron chi connectivity index (χ3n) is 4.31. The third-order valence-corrected chi connectivity index (χ3v) is 5.32. The number of nitrogens with zero attached hydrogens (tertiary/aromatic N) is 2. The highest BCUT2D eigenvalue weighted by Crippen LogP contribution is 2.35. The van der Waals surface area contributed by atoms with E-state index in [9.17, 15) is 0 Å². The van der Waals surface area contributed by atoms with Gasteiger partial charge >= 0.3 is 0 Å². The fourth-order valence-electron chi connectivity index (χ4n) is 3.09. The summed E-state index contributed by atoms with van der Waals surface area (Å²) in [6.45, 7) is 0. The van der Waals surface area contributed by atoms with Gasteiger partial charge in [0.2, 0.25) is 5.89 Å². The summed E-state index contributed by atoms with van der Waals surface area (Å²) in [6.07, 6.45) is 4.87. The van der Waals surface area contributed by atoms with Gasteiger partial charge in [-0.05, 0) is 35.2 Å². The summed E-state index contributed by atoms with van der Waals surface area (Å²) in [7, 11) is 0. The van der Waals surface area contributed by atoms with Crippen molar-refractivity contribution in [2.24, 2.45) is 5.73 Å². The van der Waals surface area contributed by atoms with Gasteiger partial charge in [-0.3, -0.25) is 0 Å². The summed E-state index contributed by atoms with van der Waals surface area (Å²) in [5.41, 5.74) is 7.24. The highest BCUT2D eigenvalue weighted by atomic mass is 32.1. The first-order valence-corrected chi connectivity index (χ1v) is 8.20. The van der Waals surface area contributed by atoms with E-state index in [4.69, 9.17) is 10.3 Å². The van der Waals surface area contributed by atoms with E-state index in [0.717, 1.165) is 25.7 Å². The Kier molecular flexibility index (Phi) is 3.05. The molecule has 1 aromatic carbocycles. The molecule has 21 heavy (non-hydrogen) atoms. The van der Waals surface area contributed by atoms with Crippen molar-refractivity contribution < 1.29 is 4.52 Å². The van der Waals surface area contributed by atoms with Crippen LogP contribution in [0.2, 0.25) is 0 Å². The lowest BCUT2D eigenvalue weighted by Crippen LogP contribution is -2.34. The maximum absolute atomic E-state index is 6.37. The Balaban J connectivity index is 1.62. The second kappa shape index (κ2) is 4.93. The summed E-state index contributed by atoms with van der Waals surface area (Å²) in [5, 5.41) is 7.56. The standard InChI is InChI=1S/C16H17N3OS/c17-16(7-3-4-8-16)15-18-14(20-19-15)9-11-10-21-13-6-2-1-5-12(11)13/h1-2,5-6,10H,3-4,7-9,17H2. The Labute approximate surface area is 127 Å². The molecule has 5 heteroatoms. The van der Waals surface area contributed by atoms with E-state index in [1.54, 1.807) is 11.3 Å². The lowest BCUT2D eigenvalue weighted by molar-refractivity contribution is 0.352. The number of hydrogen-bond acceptors (Lipinski definition) is 5. The highest BCUT2D eigenvalue weighted by Gasteiger charge is 2.35. The van der Waals surface area contributed by atoms with Crippen LogP contribution < -0.4 is 5.73 Å². The van der Waals surface area contributed by atoms with Gasteiger partial charge in [-0.1, -0.05) is 36.2 Å². The smallest absolute Gasteiger partial charge is 0.231 e. The molecule has 0 spiro atoms. The summed E-state index contributed by atoms with van der Waals surface area (Å²) in [4.78, 5) is 4.55. The molecule has 108 valence electrons. The molecule has 0 amide bonds. The average Bonchev–Trinajstić information content (AvgIpc) is 3.21. The molecule has 0 saturated heterocycles. The van der Waals surface area contributed by atoms with Crippen LogP contribution in [0.1, 0.15) is 43.0 Å². The van der Waals surface area contributed by atoms with E-state index in [-0.39, 0.29) is 5.54 Å². The number of hydrogen-bond donors (Lipinski definition) is 1. The van der Waals surface area contributed by atoms with Gasteiger partial charge in [0.25, 0.3) is 0 Å². The van der Waals surface area contributed by atoms with Crippen molar-refractivity contribution in [3.05, 3.63) is 46.9 Å². The van der Waals surface area contributed by atoms with Crippen molar-refractivity contribution in [3.63, 3.8) is 0 Å². The van der Waals surface area contributed by atoms with E-state index in [1.807, 2.05) is 0 Å². The van der Waals surface area contributed by atoms with Gasteiger partial charge in [-0.2, -0.15) is 4.98 Å². The van der Waals surface area contributed by atoms with Gasteiger partial charge in [-0.25, -0.2) is 0 Å². The van der Waals surface area contributed by atoms with Crippen LogP contribution in [0.15, 0.2) is 34.2 Å². The zero-order valence-corrected chi connectivity index (χ0v) is 12.5. The van der Waals surface area contributed by atoms with Gasteiger partial charge in [-0.15, -0.1) is 11.3 Å². The highest BCUT2D eigenvalue weighted by molar-refractivity contribution is 7.17. The summed E-state index contributed by atoms with van der Waals surface area (Å²) in [6, 6.07) is 8.40. The van der Waals surface area contributed by atoms with Crippen molar-refractivity contribution in [3.8, 4) is 0 Å². The van der Waals surface area contributed by atoms with Crippen LogP contribution >= 0.6 is 11.3 Å². The molecule has 0 aliphatic heterocycles. The van der Waals surface area contributed by atoms with E-state index >= 15 is 0 Å². The monoisotopic (exact) mass is 299 g/mol.